The third-order valence-corrected chi connectivity index (χ3v) is 2.93. The highest BCUT2D eigenvalue weighted by molar-refractivity contribution is 7.99. The van der Waals surface area contributed by atoms with Crippen LogP contribution in [-0.4, -0.2) is 52.5 Å². The third kappa shape index (κ3) is 5.19. The summed E-state index contributed by atoms with van der Waals surface area (Å²) in [4.78, 5) is 26.0. The first kappa shape index (κ1) is 14.5. The summed E-state index contributed by atoms with van der Waals surface area (Å²) < 4.78 is 6.42. The molecule has 7 nitrogen and oxygen atoms in total. The molecule has 0 aliphatic heterocycles. The van der Waals surface area contributed by atoms with E-state index >= 15 is 0 Å². The minimum atomic E-state index is -0.918. The second-order valence-electron chi connectivity index (χ2n) is 3.36. The molecule has 0 spiro atoms. The maximum atomic E-state index is 11.5. The van der Waals surface area contributed by atoms with E-state index in [0.717, 1.165) is 11.8 Å². The van der Waals surface area contributed by atoms with Crippen LogP contribution in [0.15, 0.2) is 17.6 Å². The van der Waals surface area contributed by atoms with E-state index in [-0.39, 0.29) is 18.2 Å². The van der Waals surface area contributed by atoms with Crippen LogP contribution in [-0.2, 0) is 20.9 Å². The molecule has 0 aliphatic carbocycles. The number of imidazole rings is 1. The molecule has 0 aliphatic rings. The van der Waals surface area contributed by atoms with Gasteiger partial charge < -0.3 is 19.7 Å². The molecule has 0 radical (unpaired) electrons. The number of carbonyl (C=O) groups is 2. The van der Waals surface area contributed by atoms with Crippen LogP contribution >= 0.6 is 11.8 Å². The van der Waals surface area contributed by atoms with Gasteiger partial charge in [0, 0.05) is 26.0 Å². The molecule has 100 valence electrons. The van der Waals surface area contributed by atoms with Gasteiger partial charge in [-0.3, -0.25) is 9.59 Å². The number of hydrogen-bond acceptors (Lipinski definition) is 5. The fraction of sp³-hybridized carbons (Fsp3) is 0.500. The maximum absolute atomic E-state index is 11.5. The van der Waals surface area contributed by atoms with Gasteiger partial charge in [-0.2, -0.15) is 0 Å². The van der Waals surface area contributed by atoms with Gasteiger partial charge in [0.2, 0.25) is 5.91 Å². The van der Waals surface area contributed by atoms with Gasteiger partial charge >= 0.3 is 5.97 Å². The molecule has 1 heterocycles. The van der Waals surface area contributed by atoms with Crippen molar-refractivity contribution in [2.24, 2.45) is 0 Å². The average Bonchev–Trinajstić information content (AvgIpc) is 2.74. The predicted octanol–water partition coefficient (Wildman–Crippen LogP) is -0.178. The van der Waals surface area contributed by atoms with Crippen molar-refractivity contribution in [2.75, 3.05) is 26.0 Å². The normalized spacial score (nSPS) is 10.3. The van der Waals surface area contributed by atoms with E-state index in [1.165, 1.54) is 6.20 Å². The van der Waals surface area contributed by atoms with Crippen LogP contribution in [0.2, 0.25) is 0 Å². The summed E-state index contributed by atoms with van der Waals surface area (Å²) in [5.74, 6) is -1.16. The molecular formula is C10H15N3O4S. The van der Waals surface area contributed by atoms with Crippen LogP contribution in [0.5, 0.6) is 0 Å². The molecule has 0 saturated carbocycles. The van der Waals surface area contributed by atoms with Gasteiger partial charge in [-0.1, -0.05) is 11.8 Å². The van der Waals surface area contributed by atoms with E-state index in [9.17, 15) is 9.59 Å². The number of carboxylic acid groups (broad SMARTS) is 1. The van der Waals surface area contributed by atoms with Gasteiger partial charge in [0.15, 0.2) is 5.16 Å². The monoisotopic (exact) mass is 273 g/mol. The Morgan fingerprint density at radius 3 is 3.06 bits per heavy atom. The number of carboxylic acids is 1. The maximum Gasteiger partial charge on any atom is 0.313 e. The number of methoxy groups -OCH3 is 1. The fourth-order valence-electron chi connectivity index (χ4n) is 1.19. The highest BCUT2D eigenvalue weighted by Gasteiger charge is 2.09. The van der Waals surface area contributed by atoms with Crippen LogP contribution < -0.4 is 5.32 Å². The molecule has 8 heteroatoms. The molecule has 2 N–H and O–H groups in total. The average molecular weight is 273 g/mol. The molecule has 1 aromatic heterocycles. The number of aromatic nitrogens is 2. The van der Waals surface area contributed by atoms with E-state index in [1.54, 1.807) is 17.9 Å². The van der Waals surface area contributed by atoms with Crippen LogP contribution in [0, 0.1) is 0 Å². The Kier molecular flexibility index (Phi) is 6.23. The molecule has 0 fully saturated rings. The van der Waals surface area contributed by atoms with Crippen molar-refractivity contribution in [3.05, 3.63) is 12.4 Å². The van der Waals surface area contributed by atoms with Crippen LogP contribution in [0.25, 0.3) is 0 Å². The second-order valence-corrected chi connectivity index (χ2v) is 4.31. The van der Waals surface area contributed by atoms with Gasteiger partial charge in [0.25, 0.3) is 0 Å². The first-order chi connectivity index (χ1) is 8.63. The number of amides is 1. The highest BCUT2D eigenvalue weighted by atomic mass is 32.2. The molecule has 18 heavy (non-hydrogen) atoms. The fourth-order valence-corrected chi connectivity index (χ4v) is 1.86. The lowest BCUT2D eigenvalue weighted by molar-refractivity contribution is -0.133. The topological polar surface area (TPSA) is 93.5 Å². The van der Waals surface area contributed by atoms with Crippen LogP contribution in [0.3, 0.4) is 0 Å². The van der Waals surface area contributed by atoms with E-state index in [0.29, 0.717) is 18.3 Å². The number of nitrogens with zero attached hydrogens (tertiary/aromatic N) is 2. The van der Waals surface area contributed by atoms with Crippen molar-refractivity contribution in [3.8, 4) is 0 Å². The van der Waals surface area contributed by atoms with Crippen molar-refractivity contribution in [1.82, 2.24) is 14.9 Å². The summed E-state index contributed by atoms with van der Waals surface area (Å²) in [5, 5.41) is 11.8. The van der Waals surface area contributed by atoms with Crippen molar-refractivity contribution >= 4 is 23.6 Å². The second kappa shape index (κ2) is 7.72. The molecule has 0 bridgehead atoms. The van der Waals surface area contributed by atoms with E-state index in [1.807, 2.05) is 0 Å². The van der Waals surface area contributed by atoms with Crippen molar-refractivity contribution < 1.29 is 19.4 Å². The quantitative estimate of drug-likeness (QED) is 0.504. The zero-order valence-corrected chi connectivity index (χ0v) is 10.8. The smallest absolute Gasteiger partial charge is 0.313 e. The van der Waals surface area contributed by atoms with E-state index < -0.39 is 5.97 Å². The standard InChI is InChI=1S/C10H15N3O4S/c1-17-5-3-11-8(14)6-13-4-2-12-10(13)18-7-9(15)16/h2,4H,3,5-7H2,1H3,(H,11,14)(H,15,16). The summed E-state index contributed by atoms with van der Waals surface area (Å²) in [5.41, 5.74) is 0. The van der Waals surface area contributed by atoms with Gasteiger partial charge in [-0.15, -0.1) is 0 Å². The largest absolute Gasteiger partial charge is 0.481 e. The molecular weight excluding hydrogens is 258 g/mol. The Bertz CT molecular complexity index is 408. The minimum Gasteiger partial charge on any atom is -0.481 e. The molecule has 0 saturated heterocycles. The van der Waals surface area contributed by atoms with E-state index in [4.69, 9.17) is 9.84 Å². The van der Waals surface area contributed by atoms with Gasteiger partial charge in [-0.05, 0) is 0 Å². The lowest BCUT2D eigenvalue weighted by atomic mass is 10.5. The first-order valence-electron chi connectivity index (χ1n) is 5.25. The summed E-state index contributed by atoms with van der Waals surface area (Å²) in [6.07, 6.45) is 3.17. The zero-order valence-electron chi connectivity index (χ0n) is 9.96. The Morgan fingerprint density at radius 2 is 2.39 bits per heavy atom. The molecule has 1 aromatic rings. The van der Waals surface area contributed by atoms with Gasteiger partial charge in [-0.25, -0.2) is 4.98 Å². The van der Waals surface area contributed by atoms with Crippen LogP contribution in [0.4, 0.5) is 0 Å². The number of thioether (sulfide) groups is 1. The number of hydrogen-bond donors (Lipinski definition) is 2. The molecule has 1 rings (SSSR count). The predicted molar refractivity (Wildman–Crippen MR) is 65.5 cm³/mol. The summed E-state index contributed by atoms with van der Waals surface area (Å²) in [6, 6.07) is 0. The lowest BCUT2D eigenvalue weighted by Gasteiger charge is -2.07. The van der Waals surface area contributed by atoms with Crippen molar-refractivity contribution in [2.45, 2.75) is 11.7 Å². The lowest BCUT2D eigenvalue weighted by Crippen LogP contribution is -2.30. The number of rotatable bonds is 8. The number of carbonyl (C=O) groups excluding carboxylic acids is 1. The van der Waals surface area contributed by atoms with Crippen molar-refractivity contribution in [1.29, 1.82) is 0 Å². The molecule has 1 amide bonds. The summed E-state index contributed by atoms with van der Waals surface area (Å²) in [6.45, 7) is 1.02. The first-order valence-corrected chi connectivity index (χ1v) is 6.23. The molecule has 0 unspecified atom stereocenters. The summed E-state index contributed by atoms with van der Waals surface area (Å²) in [7, 11) is 1.56. The van der Waals surface area contributed by atoms with Crippen molar-refractivity contribution in [3.63, 3.8) is 0 Å². The summed E-state index contributed by atoms with van der Waals surface area (Å²) >= 11 is 1.08. The SMILES string of the molecule is COCCNC(=O)Cn1ccnc1SCC(=O)O. The minimum absolute atomic E-state index is 0.0810. The van der Waals surface area contributed by atoms with E-state index in [2.05, 4.69) is 10.3 Å². The zero-order chi connectivity index (χ0) is 13.4. The van der Waals surface area contributed by atoms with Crippen LogP contribution in [0.1, 0.15) is 0 Å². The third-order valence-electron chi connectivity index (χ3n) is 1.94. The Labute approximate surface area is 109 Å². The molecule has 0 aromatic carbocycles. The number of ether oxygens (including phenoxy) is 1. The van der Waals surface area contributed by atoms with Gasteiger partial charge in [0.1, 0.15) is 6.54 Å². The Morgan fingerprint density at radius 1 is 1.61 bits per heavy atom. The Hall–Kier alpha value is -1.54. The molecule has 0 atom stereocenters. The Balaban J connectivity index is 2.43. The van der Waals surface area contributed by atoms with Gasteiger partial charge in [0.05, 0.1) is 12.4 Å². The highest BCUT2D eigenvalue weighted by Crippen LogP contribution is 2.14. The number of nitrogens with one attached hydrogen (secondary N) is 1. The number of aliphatic carboxylic acids is 1.